The second-order valence-corrected chi connectivity index (χ2v) is 2.37. The molecule has 1 aromatic rings. The number of nitro groups is 1. The molecule has 0 aliphatic heterocycles. The van der Waals surface area contributed by atoms with Crippen molar-refractivity contribution in [3.8, 4) is 0 Å². The minimum atomic E-state index is -2.67. The van der Waals surface area contributed by atoms with Gasteiger partial charge in [0.2, 0.25) is 10.3 Å². The van der Waals surface area contributed by atoms with Crippen LogP contribution in [0.2, 0.25) is 0 Å². The maximum absolute atomic E-state index is 10.2. The summed E-state index contributed by atoms with van der Waals surface area (Å²) in [6.07, 6.45) is 0. The third kappa shape index (κ3) is 1.26. The van der Waals surface area contributed by atoms with Crippen molar-refractivity contribution in [1.82, 2.24) is 15.4 Å². The zero-order chi connectivity index (χ0) is 8.43. The molecule has 0 aliphatic rings. The highest BCUT2D eigenvalue weighted by atomic mass is 32.2. The van der Waals surface area contributed by atoms with Crippen molar-refractivity contribution in [1.29, 1.82) is 0 Å². The first-order valence-corrected chi connectivity index (χ1v) is 3.40. The number of hydrogen-bond acceptors (Lipinski definition) is 5. The lowest BCUT2D eigenvalue weighted by Crippen LogP contribution is -1.88. The molecule has 0 fully saturated rings. The minimum absolute atomic E-state index is 0.560. The summed E-state index contributed by atoms with van der Waals surface area (Å²) in [6.45, 7) is 0. The monoisotopic (exact) mass is 178 g/mol. The van der Waals surface area contributed by atoms with E-state index in [2.05, 4.69) is 5.10 Å². The number of rotatable bonds is 1. The van der Waals surface area contributed by atoms with E-state index in [9.17, 15) is 18.5 Å². The van der Waals surface area contributed by atoms with Gasteiger partial charge in [-0.2, -0.15) is 8.42 Å². The molecule has 8 nitrogen and oxygen atoms in total. The SMILES string of the molecule is O=[N+]([O-])c1n[nH][nH]c1=S(=O)=O. The normalized spacial score (nSPS) is 9.45. The van der Waals surface area contributed by atoms with Crippen molar-refractivity contribution in [2.24, 2.45) is 0 Å². The molecule has 0 aliphatic carbocycles. The van der Waals surface area contributed by atoms with E-state index in [1.165, 1.54) is 0 Å². The lowest BCUT2D eigenvalue weighted by atomic mass is 10.8. The molecular formula is C2H2N4O4S. The first-order chi connectivity index (χ1) is 5.13. The zero-order valence-electron chi connectivity index (χ0n) is 4.94. The number of hydrogen-bond donors (Lipinski definition) is 2. The topological polar surface area (TPSA) is 122 Å². The third-order valence-electron chi connectivity index (χ3n) is 0.874. The Morgan fingerprint density at radius 2 is 2.18 bits per heavy atom. The number of aromatic nitrogens is 3. The van der Waals surface area contributed by atoms with Crippen molar-refractivity contribution < 1.29 is 13.3 Å². The molecule has 0 unspecified atom stereocenters. The molecule has 0 amide bonds. The van der Waals surface area contributed by atoms with Crippen LogP contribution in [0.3, 0.4) is 0 Å². The average Bonchev–Trinajstić information content (AvgIpc) is 2.32. The van der Waals surface area contributed by atoms with Gasteiger partial charge < -0.3 is 10.1 Å². The van der Waals surface area contributed by atoms with Crippen LogP contribution in [0.4, 0.5) is 5.82 Å². The lowest BCUT2D eigenvalue weighted by Gasteiger charge is -1.80. The van der Waals surface area contributed by atoms with Gasteiger partial charge >= 0.3 is 5.82 Å². The average molecular weight is 178 g/mol. The maximum Gasteiger partial charge on any atom is 0.430 e. The van der Waals surface area contributed by atoms with Crippen LogP contribution in [0.15, 0.2) is 0 Å². The zero-order valence-corrected chi connectivity index (χ0v) is 5.75. The lowest BCUT2D eigenvalue weighted by molar-refractivity contribution is -0.390. The highest BCUT2D eigenvalue weighted by Gasteiger charge is 2.13. The Balaban J connectivity index is 3.67. The molecule has 0 saturated heterocycles. The fourth-order valence-corrected chi connectivity index (χ4v) is 0.877. The Bertz CT molecular complexity index is 429. The molecule has 0 spiro atoms. The van der Waals surface area contributed by atoms with Gasteiger partial charge in [0.1, 0.15) is 0 Å². The highest BCUT2D eigenvalue weighted by molar-refractivity contribution is 7.63. The molecule has 0 aromatic carbocycles. The Hall–Kier alpha value is -1.64. The van der Waals surface area contributed by atoms with Gasteiger partial charge in [-0.1, -0.05) is 0 Å². The molecule has 0 atom stereocenters. The summed E-state index contributed by atoms with van der Waals surface area (Å²) in [6, 6.07) is 0. The molecule has 1 aromatic heterocycles. The molecule has 9 heteroatoms. The molecule has 2 N–H and O–H groups in total. The second kappa shape index (κ2) is 2.54. The smallest absolute Gasteiger partial charge is 0.358 e. The van der Waals surface area contributed by atoms with E-state index in [1.54, 1.807) is 0 Å². The van der Waals surface area contributed by atoms with E-state index in [4.69, 9.17) is 0 Å². The first kappa shape index (κ1) is 7.47. The van der Waals surface area contributed by atoms with E-state index in [-0.39, 0.29) is 0 Å². The van der Waals surface area contributed by atoms with Crippen LogP contribution in [0.5, 0.6) is 0 Å². The maximum atomic E-state index is 10.2. The van der Waals surface area contributed by atoms with Crippen LogP contribution >= 0.6 is 0 Å². The molecule has 1 heterocycles. The quantitative estimate of drug-likeness (QED) is 0.326. The molecule has 1 rings (SSSR count). The Labute approximate surface area is 60.5 Å². The molecule has 60 valence electrons. The van der Waals surface area contributed by atoms with Crippen LogP contribution in [0.25, 0.3) is 0 Å². The van der Waals surface area contributed by atoms with Crippen molar-refractivity contribution >= 4 is 16.1 Å². The van der Waals surface area contributed by atoms with Gasteiger partial charge in [0.15, 0.2) is 0 Å². The molecule has 0 bridgehead atoms. The summed E-state index contributed by atoms with van der Waals surface area (Å²) in [5.41, 5.74) is 0. The summed E-state index contributed by atoms with van der Waals surface area (Å²) in [5, 5.41) is 17.0. The third-order valence-corrected chi connectivity index (χ3v) is 1.49. The van der Waals surface area contributed by atoms with E-state index in [0.29, 0.717) is 0 Å². The van der Waals surface area contributed by atoms with Crippen LogP contribution in [-0.4, -0.2) is 28.8 Å². The summed E-state index contributed by atoms with van der Waals surface area (Å²) >= 11 is 0. The standard InChI is InChI=1S/C2H2N4O4S/c7-6(8)1-2(11(9)10)4-5-3-1/h4-5H. The number of nitrogens with one attached hydrogen (secondary N) is 2. The van der Waals surface area contributed by atoms with Gasteiger partial charge in [-0.3, -0.25) is 0 Å². The molecular weight excluding hydrogens is 176 g/mol. The molecule has 11 heavy (non-hydrogen) atoms. The molecule has 0 radical (unpaired) electrons. The van der Waals surface area contributed by atoms with Crippen LogP contribution in [0, 0.1) is 14.8 Å². The molecule has 0 saturated carbocycles. The van der Waals surface area contributed by atoms with Gasteiger partial charge in [-0.15, -0.1) is 5.21 Å². The minimum Gasteiger partial charge on any atom is -0.358 e. The van der Waals surface area contributed by atoms with Crippen LogP contribution in [-0.2, 0) is 10.3 Å². The van der Waals surface area contributed by atoms with Gasteiger partial charge in [-0.25, -0.2) is 5.10 Å². The summed E-state index contributed by atoms with van der Waals surface area (Å²) in [5.74, 6) is -0.738. The Kier molecular flexibility index (Phi) is 1.72. The van der Waals surface area contributed by atoms with Crippen LogP contribution in [0.1, 0.15) is 0 Å². The largest absolute Gasteiger partial charge is 0.430 e. The fourth-order valence-electron chi connectivity index (χ4n) is 0.478. The number of nitrogens with zero attached hydrogens (tertiary/aromatic N) is 2. The van der Waals surface area contributed by atoms with Crippen molar-refractivity contribution in [2.75, 3.05) is 0 Å². The summed E-state index contributed by atoms with van der Waals surface area (Å²) in [7, 11) is -2.67. The predicted octanol–water partition coefficient (Wildman–Crippen LogP) is -0.943. The number of aromatic amines is 2. The second-order valence-electron chi connectivity index (χ2n) is 1.49. The van der Waals surface area contributed by atoms with E-state index in [1.807, 2.05) is 10.3 Å². The predicted molar refractivity (Wildman–Crippen MR) is 31.8 cm³/mol. The fraction of sp³-hybridized carbons (Fsp3) is 0. The Morgan fingerprint density at radius 1 is 1.55 bits per heavy atom. The Morgan fingerprint density at radius 3 is 2.55 bits per heavy atom. The van der Waals surface area contributed by atoms with Crippen molar-refractivity contribution in [3.05, 3.63) is 14.8 Å². The van der Waals surface area contributed by atoms with Gasteiger partial charge in [-0.05, 0) is 4.92 Å². The van der Waals surface area contributed by atoms with Gasteiger partial charge in [0.05, 0.1) is 5.10 Å². The van der Waals surface area contributed by atoms with Gasteiger partial charge in [0.25, 0.3) is 4.64 Å². The summed E-state index contributed by atoms with van der Waals surface area (Å²) < 4.78 is 19.8. The van der Waals surface area contributed by atoms with E-state index < -0.39 is 25.7 Å². The van der Waals surface area contributed by atoms with Gasteiger partial charge in [0, 0.05) is 0 Å². The van der Waals surface area contributed by atoms with E-state index in [0.717, 1.165) is 0 Å². The van der Waals surface area contributed by atoms with Crippen molar-refractivity contribution in [3.63, 3.8) is 0 Å². The number of H-pyrrole nitrogens is 2. The highest BCUT2D eigenvalue weighted by Crippen LogP contribution is 2.01. The summed E-state index contributed by atoms with van der Waals surface area (Å²) in [4.78, 5) is 9.11. The van der Waals surface area contributed by atoms with E-state index >= 15 is 0 Å². The van der Waals surface area contributed by atoms with Crippen molar-refractivity contribution in [2.45, 2.75) is 0 Å². The first-order valence-electron chi connectivity index (χ1n) is 2.32. The van der Waals surface area contributed by atoms with Crippen LogP contribution < -0.4 is 0 Å².